The van der Waals surface area contributed by atoms with Crippen LogP contribution in [0.25, 0.3) is 0 Å². The van der Waals surface area contributed by atoms with Crippen LogP contribution in [0.2, 0.25) is 0 Å². The molecule has 1 aromatic rings. The molecular formula is C15H26N4O. The summed E-state index contributed by atoms with van der Waals surface area (Å²) in [6.07, 6.45) is 3.46. The topological polar surface area (TPSA) is 50.3 Å². The van der Waals surface area contributed by atoms with Gasteiger partial charge in [-0.2, -0.15) is 4.98 Å². The molecule has 0 bridgehead atoms. The van der Waals surface area contributed by atoms with Gasteiger partial charge in [0.25, 0.3) is 0 Å². The van der Waals surface area contributed by atoms with E-state index >= 15 is 0 Å². The molecule has 5 nitrogen and oxygen atoms in total. The summed E-state index contributed by atoms with van der Waals surface area (Å²) in [5.74, 6) is 2.62. The maximum atomic E-state index is 5.04. The van der Waals surface area contributed by atoms with Crippen molar-refractivity contribution in [2.45, 2.75) is 33.1 Å². The highest BCUT2D eigenvalue weighted by molar-refractivity contribution is 5.45. The number of methoxy groups -OCH3 is 1. The smallest absolute Gasteiger partial charge is 0.224 e. The maximum absolute atomic E-state index is 5.04. The van der Waals surface area contributed by atoms with Gasteiger partial charge in [0.2, 0.25) is 5.95 Å². The Kier molecular flexibility index (Phi) is 5.59. The van der Waals surface area contributed by atoms with Gasteiger partial charge < -0.3 is 15.0 Å². The summed E-state index contributed by atoms with van der Waals surface area (Å²) in [5.41, 5.74) is 1.02. The van der Waals surface area contributed by atoms with Crippen molar-refractivity contribution in [3.05, 3.63) is 11.8 Å². The van der Waals surface area contributed by atoms with Crippen LogP contribution in [0, 0.1) is 12.8 Å². The van der Waals surface area contributed by atoms with Gasteiger partial charge >= 0.3 is 0 Å². The minimum Gasteiger partial charge on any atom is -0.385 e. The summed E-state index contributed by atoms with van der Waals surface area (Å²) < 4.78 is 5.04. The van der Waals surface area contributed by atoms with Gasteiger partial charge in [-0.1, -0.05) is 6.92 Å². The molecule has 1 N–H and O–H groups in total. The molecule has 1 aliphatic heterocycles. The van der Waals surface area contributed by atoms with Crippen LogP contribution < -0.4 is 10.2 Å². The van der Waals surface area contributed by atoms with E-state index in [4.69, 9.17) is 4.74 Å². The predicted octanol–water partition coefficient (Wildman–Crippen LogP) is 2.47. The molecule has 0 aromatic carbocycles. The molecule has 0 amide bonds. The number of anilines is 2. The third kappa shape index (κ3) is 4.34. The molecule has 2 heterocycles. The second-order valence-corrected chi connectivity index (χ2v) is 5.63. The normalized spacial score (nSPS) is 16.4. The Morgan fingerprint density at radius 1 is 1.35 bits per heavy atom. The van der Waals surface area contributed by atoms with E-state index in [2.05, 4.69) is 33.2 Å². The number of aryl methyl sites for hydroxylation is 1. The zero-order valence-corrected chi connectivity index (χ0v) is 12.9. The Morgan fingerprint density at radius 2 is 2.10 bits per heavy atom. The fourth-order valence-electron chi connectivity index (χ4n) is 2.45. The molecule has 0 radical (unpaired) electrons. The summed E-state index contributed by atoms with van der Waals surface area (Å²) >= 11 is 0. The second kappa shape index (κ2) is 7.43. The number of piperidine rings is 1. The minimum atomic E-state index is 0.731. The Labute approximate surface area is 121 Å². The molecule has 1 aromatic heterocycles. The molecule has 0 aliphatic carbocycles. The third-order valence-corrected chi connectivity index (χ3v) is 3.76. The fraction of sp³-hybridized carbons (Fsp3) is 0.733. The largest absolute Gasteiger partial charge is 0.385 e. The zero-order valence-electron chi connectivity index (χ0n) is 12.9. The standard InChI is InChI=1S/C15H26N4O/c1-12-5-8-19(9-6-12)14-11-13(2)17-15(18-14)16-7-4-10-20-3/h11-12H,4-10H2,1-3H3,(H,16,17,18). The van der Waals surface area contributed by atoms with Gasteiger partial charge in [0.05, 0.1) is 0 Å². The van der Waals surface area contributed by atoms with Gasteiger partial charge in [-0.05, 0) is 32.1 Å². The molecule has 0 spiro atoms. The lowest BCUT2D eigenvalue weighted by atomic mass is 9.99. The fourth-order valence-corrected chi connectivity index (χ4v) is 2.45. The van der Waals surface area contributed by atoms with E-state index in [1.54, 1.807) is 7.11 Å². The summed E-state index contributed by atoms with van der Waals surface area (Å²) in [4.78, 5) is 11.5. The zero-order chi connectivity index (χ0) is 14.4. The molecule has 0 atom stereocenters. The van der Waals surface area contributed by atoms with Crippen LogP contribution in [-0.2, 0) is 4.74 Å². The van der Waals surface area contributed by atoms with Crippen molar-refractivity contribution in [1.82, 2.24) is 9.97 Å². The number of rotatable bonds is 6. The Bertz CT molecular complexity index is 416. The second-order valence-electron chi connectivity index (χ2n) is 5.63. The third-order valence-electron chi connectivity index (χ3n) is 3.76. The average Bonchev–Trinajstić information content (AvgIpc) is 2.44. The first kappa shape index (κ1) is 15.0. The van der Waals surface area contributed by atoms with Crippen molar-refractivity contribution < 1.29 is 4.74 Å². The van der Waals surface area contributed by atoms with Crippen LogP contribution in [0.15, 0.2) is 6.07 Å². The quantitative estimate of drug-likeness (QED) is 0.810. The van der Waals surface area contributed by atoms with E-state index in [1.807, 2.05) is 6.92 Å². The van der Waals surface area contributed by atoms with Crippen LogP contribution in [-0.4, -0.2) is 43.3 Å². The van der Waals surface area contributed by atoms with E-state index in [0.29, 0.717) is 0 Å². The number of ether oxygens (including phenoxy) is 1. The molecule has 112 valence electrons. The lowest BCUT2D eigenvalue weighted by Gasteiger charge is -2.31. The summed E-state index contributed by atoms with van der Waals surface area (Å²) in [6.45, 7) is 8.15. The highest BCUT2D eigenvalue weighted by atomic mass is 16.5. The van der Waals surface area contributed by atoms with Gasteiger partial charge in [0, 0.05) is 45.1 Å². The molecule has 20 heavy (non-hydrogen) atoms. The number of nitrogens with one attached hydrogen (secondary N) is 1. The lowest BCUT2D eigenvalue weighted by Crippen LogP contribution is -2.33. The van der Waals surface area contributed by atoms with Crippen LogP contribution in [0.1, 0.15) is 31.9 Å². The first-order chi connectivity index (χ1) is 9.69. The Morgan fingerprint density at radius 3 is 2.80 bits per heavy atom. The first-order valence-corrected chi connectivity index (χ1v) is 7.52. The van der Waals surface area contributed by atoms with Gasteiger partial charge in [-0.25, -0.2) is 4.98 Å². The van der Waals surface area contributed by atoms with Crippen LogP contribution in [0.4, 0.5) is 11.8 Å². The monoisotopic (exact) mass is 278 g/mol. The highest BCUT2D eigenvalue weighted by Gasteiger charge is 2.17. The molecular weight excluding hydrogens is 252 g/mol. The molecule has 0 saturated carbocycles. The molecule has 1 saturated heterocycles. The van der Waals surface area contributed by atoms with E-state index in [0.717, 1.165) is 56.0 Å². The molecule has 1 fully saturated rings. The summed E-state index contributed by atoms with van der Waals surface area (Å²) in [5, 5.41) is 3.28. The van der Waals surface area contributed by atoms with Crippen molar-refractivity contribution in [3.63, 3.8) is 0 Å². The lowest BCUT2D eigenvalue weighted by molar-refractivity contribution is 0.197. The minimum absolute atomic E-state index is 0.731. The molecule has 5 heteroatoms. The van der Waals surface area contributed by atoms with E-state index in [9.17, 15) is 0 Å². The Hall–Kier alpha value is -1.36. The molecule has 1 aliphatic rings. The van der Waals surface area contributed by atoms with Crippen LogP contribution in [0.5, 0.6) is 0 Å². The first-order valence-electron chi connectivity index (χ1n) is 7.52. The van der Waals surface area contributed by atoms with Gasteiger partial charge in [-0.15, -0.1) is 0 Å². The summed E-state index contributed by atoms with van der Waals surface area (Å²) in [7, 11) is 1.72. The predicted molar refractivity (Wildman–Crippen MR) is 82.4 cm³/mol. The van der Waals surface area contributed by atoms with Crippen molar-refractivity contribution in [3.8, 4) is 0 Å². The van der Waals surface area contributed by atoms with E-state index < -0.39 is 0 Å². The van der Waals surface area contributed by atoms with E-state index in [1.165, 1.54) is 12.8 Å². The van der Waals surface area contributed by atoms with Crippen molar-refractivity contribution in [2.24, 2.45) is 5.92 Å². The Balaban J connectivity index is 1.97. The maximum Gasteiger partial charge on any atom is 0.224 e. The summed E-state index contributed by atoms with van der Waals surface area (Å²) in [6, 6.07) is 2.08. The van der Waals surface area contributed by atoms with E-state index in [-0.39, 0.29) is 0 Å². The molecule has 0 unspecified atom stereocenters. The molecule has 2 rings (SSSR count). The number of hydrogen-bond acceptors (Lipinski definition) is 5. The van der Waals surface area contributed by atoms with Crippen molar-refractivity contribution in [1.29, 1.82) is 0 Å². The van der Waals surface area contributed by atoms with Gasteiger partial charge in [0.1, 0.15) is 5.82 Å². The number of aromatic nitrogens is 2. The van der Waals surface area contributed by atoms with Crippen LogP contribution >= 0.6 is 0 Å². The average molecular weight is 278 g/mol. The van der Waals surface area contributed by atoms with Gasteiger partial charge in [0.15, 0.2) is 0 Å². The number of nitrogens with zero attached hydrogens (tertiary/aromatic N) is 3. The van der Waals surface area contributed by atoms with Crippen molar-refractivity contribution >= 4 is 11.8 Å². The number of hydrogen-bond donors (Lipinski definition) is 1. The highest BCUT2D eigenvalue weighted by Crippen LogP contribution is 2.22. The van der Waals surface area contributed by atoms with Crippen molar-refractivity contribution in [2.75, 3.05) is 43.6 Å². The SMILES string of the molecule is COCCCNc1nc(C)cc(N2CCC(C)CC2)n1. The van der Waals surface area contributed by atoms with Crippen LogP contribution in [0.3, 0.4) is 0 Å². The van der Waals surface area contributed by atoms with Gasteiger partial charge in [-0.3, -0.25) is 0 Å².